The van der Waals surface area contributed by atoms with Crippen LogP contribution in [0.1, 0.15) is 23.1 Å². The fraction of sp³-hybridized carbons (Fsp3) is 0.417. The fourth-order valence-electron chi connectivity index (χ4n) is 2.08. The molecule has 1 atom stereocenters. The van der Waals surface area contributed by atoms with Gasteiger partial charge in [0.25, 0.3) is 0 Å². The zero-order valence-corrected chi connectivity index (χ0v) is 11.0. The quantitative estimate of drug-likeness (QED) is 0.890. The molecular formula is C12H14BrNO3. The summed E-state index contributed by atoms with van der Waals surface area (Å²) < 4.78 is 0.869. The van der Waals surface area contributed by atoms with Crippen molar-refractivity contribution in [2.24, 2.45) is 0 Å². The molecule has 1 aliphatic heterocycles. The zero-order valence-electron chi connectivity index (χ0n) is 9.43. The minimum absolute atomic E-state index is 0.404. The second kappa shape index (κ2) is 4.76. The Morgan fingerprint density at radius 2 is 2.18 bits per heavy atom. The van der Waals surface area contributed by atoms with Gasteiger partial charge >= 0.3 is 5.97 Å². The molecule has 0 saturated carbocycles. The van der Waals surface area contributed by atoms with Gasteiger partial charge in [-0.25, -0.2) is 4.79 Å². The summed E-state index contributed by atoms with van der Waals surface area (Å²) in [5.41, 5.74) is 1.57. The molecule has 0 radical (unpaired) electrons. The Balaban J connectivity index is 2.20. The van der Waals surface area contributed by atoms with Crippen molar-refractivity contribution < 1.29 is 15.0 Å². The first kappa shape index (κ1) is 12.5. The highest BCUT2D eigenvalue weighted by Crippen LogP contribution is 2.33. The highest BCUT2D eigenvalue weighted by molar-refractivity contribution is 9.10. The summed E-state index contributed by atoms with van der Waals surface area (Å²) in [6, 6.07) is 5.26. The summed E-state index contributed by atoms with van der Waals surface area (Å²) in [5.74, 6) is -0.738. The van der Waals surface area contributed by atoms with Crippen LogP contribution < -0.4 is 0 Å². The van der Waals surface area contributed by atoms with E-state index in [2.05, 4.69) is 27.9 Å². The van der Waals surface area contributed by atoms with Crippen molar-refractivity contribution in [2.75, 3.05) is 20.1 Å². The van der Waals surface area contributed by atoms with Gasteiger partial charge in [-0.2, -0.15) is 0 Å². The van der Waals surface area contributed by atoms with E-state index in [0.29, 0.717) is 11.5 Å². The lowest BCUT2D eigenvalue weighted by atomic mass is 9.91. The Morgan fingerprint density at radius 3 is 2.65 bits per heavy atom. The number of halogens is 1. The van der Waals surface area contributed by atoms with Crippen molar-refractivity contribution in [3.05, 3.63) is 33.8 Å². The van der Waals surface area contributed by atoms with Gasteiger partial charge in [-0.05, 0) is 24.2 Å². The number of carboxylic acid groups (broad SMARTS) is 1. The van der Waals surface area contributed by atoms with Gasteiger partial charge in [0.2, 0.25) is 0 Å². The second-order valence-electron chi connectivity index (χ2n) is 4.44. The first-order valence-electron chi connectivity index (χ1n) is 5.38. The average molecular weight is 300 g/mol. The summed E-state index contributed by atoms with van der Waals surface area (Å²) in [5, 5.41) is 18.2. The topological polar surface area (TPSA) is 60.8 Å². The number of hydrogen-bond donors (Lipinski definition) is 2. The predicted molar refractivity (Wildman–Crippen MR) is 67.0 cm³/mol. The Kier molecular flexibility index (Phi) is 3.51. The minimum atomic E-state index is -1.45. The van der Waals surface area contributed by atoms with Crippen LogP contribution in [0.5, 0.6) is 0 Å². The van der Waals surface area contributed by atoms with E-state index in [4.69, 9.17) is 5.11 Å². The summed E-state index contributed by atoms with van der Waals surface area (Å²) in [6.45, 7) is 2.03. The van der Waals surface area contributed by atoms with Crippen molar-refractivity contribution in [1.82, 2.24) is 4.90 Å². The first-order chi connectivity index (χ1) is 7.99. The minimum Gasteiger partial charge on any atom is -0.479 e. The second-order valence-corrected chi connectivity index (χ2v) is 5.29. The number of carbonyl (C=O) groups is 1. The number of nitrogens with zero attached hydrogens (tertiary/aromatic N) is 1. The van der Waals surface area contributed by atoms with E-state index >= 15 is 0 Å². The standard InChI is InChI=1S/C12H14BrNO3/c1-14-5-8(6-14)9-3-2-7(4-10(9)13)11(15)12(16)17/h2-4,8,11,15H,5-6H2,1H3,(H,16,17). The maximum Gasteiger partial charge on any atom is 0.337 e. The van der Waals surface area contributed by atoms with Gasteiger partial charge < -0.3 is 15.1 Å². The van der Waals surface area contributed by atoms with Gasteiger partial charge in [0, 0.05) is 23.5 Å². The smallest absolute Gasteiger partial charge is 0.337 e. The van der Waals surface area contributed by atoms with Crippen molar-refractivity contribution in [3.63, 3.8) is 0 Å². The molecule has 1 aromatic rings. The van der Waals surface area contributed by atoms with Gasteiger partial charge in [0.05, 0.1) is 0 Å². The summed E-state index contributed by atoms with van der Waals surface area (Å²) in [4.78, 5) is 12.9. The van der Waals surface area contributed by atoms with Crippen molar-refractivity contribution in [1.29, 1.82) is 0 Å². The summed E-state index contributed by atoms with van der Waals surface area (Å²) >= 11 is 3.44. The maximum absolute atomic E-state index is 10.7. The van der Waals surface area contributed by atoms with Crippen molar-refractivity contribution in [2.45, 2.75) is 12.0 Å². The van der Waals surface area contributed by atoms with E-state index in [0.717, 1.165) is 17.6 Å². The molecule has 1 heterocycles. The number of aliphatic hydroxyl groups is 1. The molecule has 1 aliphatic rings. The van der Waals surface area contributed by atoms with Crippen LogP contribution in [0.2, 0.25) is 0 Å². The molecule has 1 fully saturated rings. The molecule has 0 bridgehead atoms. The van der Waals surface area contributed by atoms with E-state index in [1.54, 1.807) is 12.1 Å². The van der Waals surface area contributed by atoms with Crippen LogP contribution in [0.4, 0.5) is 0 Å². The van der Waals surface area contributed by atoms with E-state index in [1.807, 2.05) is 6.07 Å². The van der Waals surface area contributed by atoms with Gasteiger partial charge in [-0.3, -0.25) is 0 Å². The van der Waals surface area contributed by atoms with Gasteiger partial charge in [-0.15, -0.1) is 0 Å². The normalized spacial score (nSPS) is 18.8. The SMILES string of the molecule is CN1CC(c2ccc(C(O)C(=O)O)cc2Br)C1. The number of aliphatic carboxylic acids is 1. The lowest BCUT2D eigenvalue weighted by Crippen LogP contribution is -2.41. The molecule has 2 rings (SSSR count). The van der Waals surface area contributed by atoms with E-state index in [-0.39, 0.29) is 0 Å². The highest BCUT2D eigenvalue weighted by Gasteiger charge is 2.27. The maximum atomic E-state index is 10.7. The number of aliphatic hydroxyl groups excluding tert-OH is 1. The van der Waals surface area contributed by atoms with Crippen LogP contribution >= 0.6 is 15.9 Å². The van der Waals surface area contributed by atoms with Crippen LogP contribution in [0, 0.1) is 0 Å². The number of benzene rings is 1. The molecule has 0 aliphatic carbocycles. The van der Waals surface area contributed by atoms with Gasteiger partial charge in [0.15, 0.2) is 6.10 Å². The Bertz CT molecular complexity index is 443. The molecule has 4 nitrogen and oxygen atoms in total. The molecule has 2 N–H and O–H groups in total. The van der Waals surface area contributed by atoms with E-state index in [9.17, 15) is 9.90 Å². The predicted octanol–water partition coefficient (Wildman–Crippen LogP) is 1.60. The third kappa shape index (κ3) is 2.51. The van der Waals surface area contributed by atoms with Crippen LogP contribution in [0.15, 0.2) is 22.7 Å². The highest BCUT2D eigenvalue weighted by atomic mass is 79.9. The number of likely N-dealkylation sites (N-methyl/N-ethyl adjacent to an activating group) is 1. The largest absolute Gasteiger partial charge is 0.479 e. The lowest BCUT2D eigenvalue weighted by Gasteiger charge is -2.37. The zero-order chi connectivity index (χ0) is 12.6. The van der Waals surface area contributed by atoms with Crippen LogP contribution in [0.3, 0.4) is 0 Å². The molecule has 0 aromatic heterocycles. The monoisotopic (exact) mass is 299 g/mol. The summed E-state index contributed by atoms with van der Waals surface area (Å²) in [7, 11) is 2.06. The Labute approximate surface area is 108 Å². The molecular weight excluding hydrogens is 286 g/mol. The number of carboxylic acids is 1. The van der Waals surface area contributed by atoms with Crippen molar-refractivity contribution >= 4 is 21.9 Å². The molecule has 1 saturated heterocycles. The lowest BCUT2D eigenvalue weighted by molar-refractivity contribution is -0.146. The fourth-order valence-corrected chi connectivity index (χ4v) is 2.80. The molecule has 0 amide bonds. The van der Waals surface area contributed by atoms with Gasteiger partial charge in [-0.1, -0.05) is 28.1 Å². The van der Waals surface area contributed by atoms with Crippen molar-refractivity contribution in [3.8, 4) is 0 Å². The molecule has 5 heteroatoms. The molecule has 1 aromatic carbocycles. The third-order valence-corrected chi connectivity index (χ3v) is 3.76. The van der Waals surface area contributed by atoms with E-state index < -0.39 is 12.1 Å². The number of hydrogen-bond acceptors (Lipinski definition) is 3. The van der Waals surface area contributed by atoms with Gasteiger partial charge in [0.1, 0.15) is 0 Å². The first-order valence-corrected chi connectivity index (χ1v) is 6.17. The molecule has 1 unspecified atom stereocenters. The Hall–Kier alpha value is -0.910. The third-order valence-electron chi connectivity index (χ3n) is 3.08. The van der Waals surface area contributed by atoms with E-state index in [1.165, 1.54) is 5.56 Å². The molecule has 0 spiro atoms. The number of rotatable bonds is 3. The van der Waals surface area contributed by atoms with Crippen LogP contribution in [-0.2, 0) is 4.79 Å². The van der Waals surface area contributed by atoms with Crippen LogP contribution in [0.25, 0.3) is 0 Å². The molecule has 17 heavy (non-hydrogen) atoms. The summed E-state index contributed by atoms with van der Waals surface area (Å²) in [6.07, 6.45) is -1.45. The van der Waals surface area contributed by atoms with Crippen LogP contribution in [-0.4, -0.2) is 41.2 Å². The number of likely N-dealkylation sites (tertiary alicyclic amines) is 1. The average Bonchev–Trinajstić information content (AvgIpc) is 2.24. The Morgan fingerprint density at radius 1 is 1.53 bits per heavy atom. The molecule has 92 valence electrons.